The second-order valence-electron chi connectivity index (χ2n) is 5.24. The average Bonchev–Trinajstić information content (AvgIpc) is 2.85. The Morgan fingerprint density at radius 1 is 1.50 bits per heavy atom. The zero-order valence-electron chi connectivity index (χ0n) is 11.6. The lowest BCUT2D eigenvalue weighted by Crippen LogP contribution is -2.30. The van der Waals surface area contributed by atoms with Crippen LogP contribution in [-0.4, -0.2) is 37.5 Å². The molecule has 1 atom stereocenters. The number of sulfonamides is 1. The van der Waals surface area contributed by atoms with Crippen LogP contribution in [0.1, 0.15) is 17.5 Å². The highest BCUT2D eigenvalue weighted by atomic mass is 32.2. The minimum absolute atomic E-state index is 0.0322. The second kappa shape index (κ2) is 5.31. The van der Waals surface area contributed by atoms with Gasteiger partial charge in [-0.05, 0) is 43.4 Å². The van der Waals surface area contributed by atoms with Crippen LogP contribution in [-0.2, 0) is 10.0 Å². The zero-order valence-corrected chi connectivity index (χ0v) is 12.4. The van der Waals surface area contributed by atoms with Gasteiger partial charge in [-0.1, -0.05) is 0 Å². The Morgan fingerprint density at radius 2 is 2.15 bits per heavy atom. The van der Waals surface area contributed by atoms with E-state index in [0.717, 1.165) is 6.07 Å². The minimum atomic E-state index is -3.71. The van der Waals surface area contributed by atoms with E-state index in [9.17, 15) is 12.8 Å². The molecule has 0 bridgehead atoms. The van der Waals surface area contributed by atoms with Crippen LogP contribution >= 0.6 is 0 Å². The molecule has 1 fully saturated rings. The quantitative estimate of drug-likeness (QED) is 0.817. The number of halogens is 1. The first-order valence-corrected chi connectivity index (χ1v) is 7.89. The Hall–Kier alpha value is -1.18. The van der Waals surface area contributed by atoms with E-state index < -0.39 is 15.8 Å². The number of nitrogen functional groups attached to an aromatic ring is 1. The summed E-state index contributed by atoms with van der Waals surface area (Å²) in [5.74, 6) is -0.642. The third-order valence-electron chi connectivity index (χ3n) is 3.81. The number of nitrogens with zero attached hydrogens (tertiary/aromatic N) is 1. The molecule has 1 aromatic carbocycles. The first-order valence-electron chi connectivity index (χ1n) is 6.45. The van der Waals surface area contributed by atoms with Gasteiger partial charge >= 0.3 is 0 Å². The number of nitrogens with two attached hydrogens (primary N) is 1. The average molecular weight is 302 g/mol. The molecule has 7 heteroatoms. The number of aryl methyl sites for hydroxylation is 1. The minimum Gasteiger partial charge on any atom is -0.396 e. The van der Waals surface area contributed by atoms with Crippen molar-refractivity contribution in [1.82, 2.24) is 4.31 Å². The van der Waals surface area contributed by atoms with E-state index in [1.54, 1.807) is 6.92 Å². The molecule has 5 nitrogen and oxygen atoms in total. The van der Waals surface area contributed by atoms with Crippen molar-refractivity contribution in [2.45, 2.75) is 25.2 Å². The van der Waals surface area contributed by atoms with Crippen molar-refractivity contribution in [3.63, 3.8) is 0 Å². The van der Waals surface area contributed by atoms with Crippen molar-refractivity contribution >= 4 is 15.7 Å². The largest absolute Gasteiger partial charge is 0.396 e. The lowest BCUT2D eigenvalue weighted by atomic mass is 10.1. The van der Waals surface area contributed by atoms with E-state index in [2.05, 4.69) is 0 Å². The second-order valence-corrected chi connectivity index (χ2v) is 7.12. The summed E-state index contributed by atoms with van der Waals surface area (Å²) in [6, 6.07) is 1.15. The van der Waals surface area contributed by atoms with Crippen molar-refractivity contribution in [2.24, 2.45) is 5.92 Å². The highest BCUT2D eigenvalue weighted by Gasteiger charge is 2.34. The molecule has 0 aromatic heterocycles. The van der Waals surface area contributed by atoms with Gasteiger partial charge in [0.25, 0.3) is 0 Å². The number of benzene rings is 1. The summed E-state index contributed by atoms with van der Waals surface area (Å²) in [6.45, 7) is 3.69. The van der Waals surface area contributed by atoms with E-state index >= 15 is 0 Å². The van der Waals surface area contributed by atoms with E-state index in [4.69, 9.17) is 10.8 Å². The van der Waals surface area contributed by atoms with Crippen LogP contribution in [0, 0.1) is 25.6 Å². The maximum atomic E-state index is 13.5. The smallest absolute Gasteiger partial charge is 0.243 e. The van der Waals surface area contributed by atoms with Gasteiger partial charge in [0, 0.05) is 19.7 Å². The summed E-state index contributed by atoms with van der Waals surface area (Å²) in [5, 5.41) is 9.12. The van der Waals surface area contributed by atoms with Crippen LogP contribution in [0.15, 0.2) is 11.0 Å². The summed E-state index contributed by atoms with van der Waals surface area (Å²) >= 11 is 0. The van der Waals surface area contributed by atoms with Crippen LogP contribution in [0.3, 0.4) is 0 Å². The Bertz CT molecular complexity index is 631. The van der Waals surface area contributed by atoms with Crippen molar-refractivity contribution in [3.8, 4) is 0 Å². The maximum absolute atomic E-state index is 13.5. The third-order valence-corrected chi connectivity index (χ3v) is 5.96. The van der Waals surface area contributed by atoms with Crippen LogP contribution < -0.4 is 5.73 Å². The predicted molar refractivity (Wildman–Crippen MR) is 74.2 cm³/mol. The molecule has 0 spiro atoms. The zero-order chi connectivity index (χ0) is 15.1. The normalized spacial score (nSPS) is 20.5. The Labute approximate surface area is 118 Å². The highest BCUT2D eigenvalue weighted by Crippen LogP contribution is 2.32. The molecule has 1 unspecified atom stereocenters. The van der Waals surface area contributed by atoms with Gasteiger partial charge in [-0.2, -0.15) is 4.31 Å². The summed E-state index contributed by atoms with van der Waals surface area (Å²) < 4.78 is 40.2. The van der Waals surface area contributed by atoms with Gasteiger partial charge in [0.05, 0.1) is 10.6 Å². The van der Waals surface area contributed by atoms with Crippen LogP contribution in [0.25, 0.3) is 0 Å². The van der Waals surface area contributed by atoms with Gasteiger partial charge in [0.2, 0.25) is 10.0 Å². The van der Waals surface area contributed by atoms with Crippen LogP contribution in [0.2, 0.25) is 0 Å². The van der Waals surface area contributed by atoms with E-state index in [1.807, 2.05) is 0 Å². The third kappa shape index (κ3) is 2.41. The number of aliphatic hydroxyl groups excluding tert-OH is 1. The molecule has 1 aliphatic heterocycles. The molecule has 0 amide bonds. The van der Waals surface area contributed by atoms with Crippen molar-refractivity contribution in [3.05, 3.63) is 23.0 Å². The number of hydrogen-bond acceptors (Lipinski definition) is 4. The molecular formula is C13H19FN2O3S. The van der Waals surface area contributed by atoms with Gasteiger partial charge < -0.3 is 10.8 Å². The van der Waals surface area contributed by atoms with Gasteiger partial charge in [0.15, 0.2) is 0 Å². The molecule has 20 heavy (non-hydrogen) atoms. The maximum Gasteiger partial charge on any atom is 0.243 e. The van der Waals surface area contributed by atoms with Crippen LogP contribution in [0.5, 0.6) is 0 Å². The highest BCUT2D eigenvalue weighted by molar-refractivity contribution is 7.89. The topological polar surface area (TPSA) is 83.6 Å². The first kappa shape index (κ1) is 15.2. The molecule has 1 aliphatic rings. The molecule has 3 N–H and O–H groups in total. The Morgan fingerprint density at radius 3 is 2.70 bits per heavy atom. The Kier molecular flexibility index (Phi) is 4.04. The van der Waals surface area contributed by atoms with Gasteiger partial charge in [-0.15, -0.1) is 0 Å². The lowest BCUT2D eigenvalue weighted by Gasteiger charge is -2.20. The molecule has 1 saturated heterocycles. The molecule has 112 valence electrons. The van der Waals surface area contributed by atoms with Gasteiger partial charge in [-0.25, -0.2) is 12.8 Å². The van der Waals surface area contributed by atoms with Gasteiger partial charge in [-0.3, -0.25) is 0 Å². The van der Waals surface area contributed by atoms with E-state index in [-0.39, 0.29) is 35.2 Å². The number of hydrogen-bond donors (Lipinski definition) is 2. The molecule has 2 rings (SSSR count). The lowest BCUT2D eigenvalue weighted by molar-refractivity contribution is 0.233. The van der Waals surface area contributed by atoms with Crippen molar-refractivity contribution < 1.29 is 17.9 Å². The van der Waals surface area contributed by atoms with E-state index in [1.165, 1.54) is 11.2 Å². The fourth-order valence-electron chi connectivity index (χ4n) is 2.62. The fraction of sp³-hybridized carbons (Fsp3) is 0.538. The molecule has 0 radical (unpaired) electrons. The summed E-state index contributed by atoms with van der Waals surface area (Å²) in [7, 11) is -3.71. The van der Waals surface area contributed by atoms with Gasteiger partial charge in [0.1, 0.15) is 5.82 Å². The van der Waals surface area contributed by atoms with Crippen molar-refractivity contribution in [2.75, 3.05) is 25.4 Å². The summed E-state index contributed by atoms with van der Waals surface area (Å²) in [5.41, 5.74) is 6.06. The molecule has 1 heterocycles. The molecule has 0 saturated carbocycles. The summed E-state index contributed by atoms with van der Waals surface area (Å²) in [4.78, 5) is 0.0787. The number of rotatable bonds is 3. The summed E-state index contributed by atoms with van der Waals surface area (Å²) in [6.07, 6.45) is 0.629. The SMILES string of the molecule is Cc1cc(F)c(N)c(C)c1S(=O)(=O)N1CCC(CO)C1. The monoisotopic (exact) mass is 302 g/mol. The number of anilines is 1. The standard InChI is InChI=1S/C13H19FN2O3S/c1-8-5-11(14)12(15)9(2)13(8)20(18,19)16-4-3-10(6-16)7-17/h5,10,17H,3-4,6-7,15H2,1-2H3. The molecule has 1 aromatic rings. The fourth-order valence-corrected chi connectivity index (χ4v) is 4.59. The molecule has 0 aliphatic carbocycles. The van der Waals surface area contributed by atoms with E-state index in [0.29, 0.717) is 18.5 Å². The van der Waals surface area contributed by atoms with Crippen LogP contribution in [0.4, 0.5) is 10.1 Å². The van der Waals surface area contributed by atoms with Crippen molar-refractivity contribution in [1.29, 1.82) is 0 Å². The first-order chi connectivity index (χ1) is 9.28. The number of aliphatic hydroxyl groups is 1. The Balaban J connectivity index is 2.48. The predicted octanol–water partition coefficient (Wildman–Crippen LogP) is 1.03. The molecular weight excluding hydrogens is 283 g/mol.